The van der Waals surface area contributed by atoms with Crippen molar-refractivity contribution in [1.29, 1.82) is 0 Å². The number of hydrogen-bond acceptors (Lipinski definition) is 2. The second kappa shape index (κ2) is 4.16. The van der Waals surface area contributed by atoms with E-state index in [1.807, 2.05) is 11.8 Å². The molecule has 1 aromatic carbocycles. The van der Waals surface area contributed by atoms with Gasteiger partial charge in [-0.3, -0.25) is 0 Å². The lowest BCUT2D eigenvalue weighted by atomic mass is 10.2. The van der Waals surface area contributed by atoms with Crippen LogP contribution in [0.25, 0.3) is 0 Å². The van der Waals surface area contributed by atoms with Crippen molar-refractivity contribution in [2.45, 2.75) is 30.1 Å². The molecule has 0 radical (unpaired) electrons. The lowest BCUT2D eigenvalue weighted by Gasteiger charge is -2.08. The molecule has 1 aliphatic rings. The second-order valence-corrected chi connectivity index (χ2v) is 4.61. The van der Waals surface area contributed by atoms with E-state index in [9.17, 15) is 0 Å². The highest BCUT2D eigenvalue weighted by Gasteiger charge is 2.16. The SMILES string of the molecule is Cc1ccc(SC2CCCO2)cc1. The third-order valence-corrected chi connectivity index (χ3v) is 3.36. The first-order valence-corrected chi connectivity index (χ1v) is 5.57. The summed E-state index contributed by atoms with van der Waals surface area (Å²) in [6.45, 7) is 3.05. The maximum absolute atomic E-state index is 5.55. The Labute approximate surface area is 83.5 Å². The summed E-state index contributed by atoms with van der Waals surface area (Å²) in [6, 6.07) is 8.64. The molecule has 1 atom stereocenters. The molecule has 1 heterocycles. The smallest absolute Gasteiger partial charge is 0.107 e. The molecule has 1 aliphatic heterocycles. The predicted octanol–water partition coefficient (Wildman–Crippen LogP) is 3.22. The summed E-state index contributed by atoms with van der Waals surface area (Å²) >= 11 is 1.84. The van der Waals surface area contributed by atoms with Crippen molar-refractivity contribution < 1.29 is 4.74 Å². The largest absolute Gasteiger partial charge is 0.367 e. The molecule has 1 fully saturated rings. The van der Waals surface area contributed by atoms with Crippen LogP contribution in [0.2, 0.25) is 0 Å². The zero-order valence-electron chi connectivity index (χ0n) is 7.82. The van der Waals surface area contributed by atoms with Crippen molar-refractivity contribution in [1.82, 2.24) is 0 Å². The maximum atomic E-state index is 5.55. The molecule has 1 nitrogen and oxygen atoms in total. The number of thioether (sulfide) groups is 1. The van der Waals surface area contributed by atoms with Crippen LogP contribution in [0.1, 0.15) is 18.4 Å². The summed E-state index contributed by atoms with van der Waals surface area (Å²) in [7, 11) is 0. The summed E-state index contributed by atoms with van der Waals surface area (Å²) in [5, 5.41) is 0. The Morgan fingerprint density at radius 1 is 1.31 bits per heavy atom. The van der Waals surface area contributed by atoms with E-state index in [1.54, 1.807) is 0 Å². The Morgan fingerprint density at radius 2 is 2.08 bits per heavy atom. The third kappa shape index (κ3) is 2.48. The number of rotatable bonds is 2. The van der Waals surface area contributed by atoms with Crippen molar-refractivity contribution in [2.24, 2.45) is 0 Å². The van der Waals surface area contributed by atoms with Crippen LogP contribution < -0.4 is 0 Å². The van der Waals surface area contributed by atoms with Crippen LogP contribution in [0.3, 0.4) is 0 Å². The standard InChI is InChI=1S/C11H14OS/c1-9-4-6-10(7-5-9)13-11-3-2-8-12-11/h4-7,11H,2-3,8H2,1H3. The minimum atomic E-state index is 0.391. The van der Waals surface area contributed by atoms with Crippen molar-refractivity contribution in [3.63, 3.8) is 0 Å². The molecule has 1 unspecified atom stereocenters. The average molecular weight is 194 g/mol. The van der Waals surface area contributed by atoms with Crippen LogP contribution >= 0.6 is 11.8 Å². The molecule has 1 saturated heterocycles. The van der Waals surface area contributed by atoms with Crippen LogP contribution in [0.15, 0.2) is 29.2 Å². The zero-order chi connectivity index (χ0) is 9.10. The first kappa shape index (κ1) is 9.10. The molecule has 2 rings (SSSR count). The Bertz CT molecular complexity index is 262. The minimum Gasteiger partial charge on any atom is -0.367 e. The molecule has 0 N–H and O–H groups in total. The summed E-state index contributed by atoms with van der Waals surface area (Å²) in [4.78, 5) is 1.32. The summed E-state index contributed by atoms with van der Waals surface area (Å²) in [6.07, 6.45) is 2.40. The average Bonchev–Trinajstić information content (AvgIpc) is 2.62. The van der Waals surface area contributed by atoms with Crippen LogP contribution in [0.5, 0.6) is 0 Å². The highest BCUT2D eigenvalue weighted by molar-refractivity contribution is 7.99. The highest BCUT2D eigenvalue weighted by Crippen LogP contribution is 2.30. The van der Waals surface area contributed by atoms with Gasteiger partial charge in [-0.2, -0.15) is 0 Å². The van der Waals surface area contributed by atoms with Gasteiger partial charge in [0.1, 0.15) is 5.44 Å². The van der Waals surface area contributed by atoms with Crippen LogP contribution in [-0.2, 0) is 4.74 Å². The van der Waals surface area contributed by atoms with Gasteiger partial charge in [0, 0.05) is 11.5 Å². The highest BCUT2D eigenvalue weighted by atomic mass is 32.2. The second-order valence-electron chi connectivity index (χ2n) is 3.37. The van der Waals surface area contributed by atoms with Crippen molar-refractivity contribution in [3.8, 4) is 0 Å². The van der Waals surface area contributed by atoms with Gasteiger partial charge in [-0.25, -0.2) is 0 Å². The van der Waals surface area contributed by atoms with Gasteiger partial charge in [-0.05, 0) is 31.9 Å². The Kier molecular flexibility index (Phi) is 2.91. The van der Waals surface area contributed by atoms with Gasteiger partial charge in [0.05, 0.1) is 0 Å². The van der Waals surface area contributed by atoms with Gasteiger partial charge in [0.15, 0.2) is 0 Å². The van der Waals surface area contributed by atoms with Gasteiger partial charge in [0.25, 0.3) is 0 Å². The lowest BCUT2D eigenvalue weighted by Crippen LogP contribution is -1.97. The first-order valence-electron chi connectivity index (χ1n) is 4.69. The number of ether oxygens (including phenoxy) is 1. The van der Waals surface area contributed by atoms with E-state index >= 15 is 0 Å². The molecule has 0 aliphatic carbocycles. The van der Waals surface area contributed by atoms with Gasteiger partial charge in [-0.15, -0.1) is 0 Å². The van der Waals surface area contributed by atoms with Crippen LogP contribution in [0.4, 0.5) is 0 Å². The molecule has 0 saturated carbocycles. The molecule has 70 valence electrons. The van der Waals surface area contributed by atoms with Crippen molar-refractivity contribution in [2.75, 3.05) is 6.61 Å². The van der Waals surface area contributed by atoms with Crippen molar-refractivity contribution in [3.05, 3.63) is 29.8 Å². The molecule has 0 aromatic heterocycles. The van der Waals surface area contributed by atoms with Crippen molar-refractivity contribution >= 4 is 11.8 Å². The van der Waals surface area contributed by atoms with E-state index in [1.165, 1.54) is 23.3 Å². The molecule has 1 aromatic rings. The van der Waals surface area contributed by atoms with E-state index in [0.29, 0.717) is 5.44 Å². The molecule has 0 bridgehead atoms. The fraction of sp³-hybridized carbons (Fsp3) is 0.455. The molecule has 2 heteroatoms. The summed E-state index contributed by atoms with van der Waals surface area (Å²) < 4.78 is 5.55. The van der Waals surface area contributed by atoms with Gasteiger partial charge in [0.2, 0.25) is 0 Å². The predicted molar refractivity (Wildman–Crippen MR) is 56.0 cm³/mol. The third-order valence-electron chi connectivity index (χ3n) is 2.18. The van der Waals surface area contributed by atoms with E-state index in [4.69, 9.17) is 4.74 Å². The van der Waals surface area contributed by atoms with E-state index < -0.39 is 0 Å². The molecule has 0 spiro atoms. The Morgan fingerprint density at radius 3 is 2.69 bits per heavy atom. The van der Waals surface area contributed by atoms with E-state index in [-0.39, 0.29) is 0 Å². The van der Waals surface area contributed by atoms with Crippen LogP contribution in [0, 0.1) is 6.92 Å². The maximum Gasteiger partial charge on any atom is 0.107 e. The zero-order valence-corrected chi connectivity index (χ0v) is 8.64. The van der Waals surface area contributed by atoms with Crippen LogP contribution in [-0.4, -0.2) is 12.0 Å². The fourth-order valence-corrected chi connectivity index (χ4v) is 2.46. The number of aryl methyl sites for hydroxylation is 1. The number of hydrogen-bond donors (Lipinski definition) is 0. The molecule has 0 amide bonds. The number of benzene rings is 1. The Hall–Kier alpha value is -0.470. The van der Waals surface area contributed by atoms with E-state index in [2.05, 4.69) is 31.2 Å². The summed E-state index contributed by atoms with van der Waals surface area (Å²) in [5.74, 6) is 0. The van der Waals surface area contributed by atoms with E-state index in [0.717, 1.165) is 6.61 Å². The quantitative estimate of drug-likeness (QED) is 0.715. The lowest BCUT2D eigenvalue weighted by molar-refractivity contribution is 0.173. The molecular weight excluding hydrogens is 180 g/mol. The Balaban J connectivity index is 1.97. The normalized spacial score (nSPS) is 22.1. The molecular formula is C11H14OS. The first-order chi connectivity index (χ1) is 6.34. The molecule has 13 heavy (non-hydrogen) atoms. The minimum absolute atomic E-state index is 0.391. The van der Waals surface area contributed by atoms with Gasteiger partial charge >= 0.3 is 0 Å². The topological polar surface area (TPSA) is 9.23 Å². The summed E-state index contributed by atoms with van der Waals surface area (Å²) in [5.41, 5.74) is 1.71. The fourth-order valence-electron chi connectivity index (χ4n) is 1.41. The van der Waals surface area contributed by atoms with Gasteiger partial charge in [-0.1, -0.05) is 29.5 Å². The monoisotopic (exact) mass is 194 g/mol. The van der Waals surface area contributed by atoms with Gasteiger partial charge < -0.3 is 4.74 Å².